The van der Waals surface area contributed by atoms with Gasteiger partial charge in [0.25, 0.3) is 32.3 Å². The highest BCUT2D eigenvalue weighted by Gasteiger charge is 2.18. The van der Waals surface area contributed by atoms with Crippen LogP contribution in [0.3, 0.4) is 0 Å². The van der Waals surface area contributed by atoms with E-state index in [1.807, 2.05) is 12.1 Å². The number of H-pyrrole nitrogens is 4. The van der Waals surface area contributed by atoms with E-state index in [0.29, 0.717) is 11.4 Å². The largest absolute Gasteiger partial charge is 0.462 e. The third kappa shape index (κ3) is 13.3. The zero-order valence-corrected chi connectivity index (χ0v) is 34.3. The molecular weight excluding hydrogens is 849 g/mol. The highest BCUT2D eigenvalue weighted by Crippen LogP contribution is 2.27. The molecule has 2 heterocycles. The summed E-state index contributed by atoms with van der Waals surface area (Å²) in [4.78, 5) is 36.5. The van der Waals surface area contributed by atoms with E-state index in [1.165, 1.54) is 43.3 Å². The molecule has 0 aliphatic carbocycles. The van der Waals surface area contributed by atoms with Crippen LogP contribution in [0.5, 0.6) is 12.0 Å². The number of para-hydroxylation sites is 2. The SMILES string of the molecule is CC(O)COc1nc(=Nc2ccccc2)[nH]c(=Nc2ccc(C=Cc3ccc(N=c4[nH]c(OCCOCCO)nc(=Nc5ccccc5)[nH]4)cc3S(=O)(=O)O)c(S(=O)(=O)O)c2)[nH]1. The van der Waals surface area contributed by atoms with E-state index in [9.17, 15) is 31.0 Å². The molecule has 0 aliphatic heterocycles. The van der Waals surface area contributed by atoms with Crippen LogP contribution in [0.2, 0.25) is 0 Å². The fraction of sp³-hybridized carbons (Fsp3) is 0.179. The van der Waals surface area contributed by atoms with Gasteiger partial charge in [0.05, 0.1) is 48.7 Å². The molecule has 0 aliphatic rings. The van der Waals surface area contributed by atoms with Crippen molar-refractivity contribution in [3.05, 3.63) is 131 Å². The van der Waals surface area contributed by atoms with Gasteiger partial charge in [-0.15, -0.1) is 0 Å². The molecule has 0 saturated heterocycles. The lowest BCUT2D eigenvalue weighted by atomic mass is 10.1. The Kier molecular flexibility index (Phi) is 14.9. The van der Waals surface area contributed by atoms with Gasteiger partial charge in [0, 0.05) is 0 Å². The third-order valence-electron chi connectivity index (χ3n) is 7.95. The molecule has 0 radical (unpaired) electrons. The maximum atomic E-state index is 12.6. The van der Waals surface area contributed by atoms with Crippen LogP contribution in [0.15, 0.2) is 127 Å². The number of aliphatic hydroxyl groups is 2. The van der Waals surface area contributed by atoms with Gasteiger partial charge >= 0.3 is 0 Å². The number of nitrogens with zero attached hydrogens (tertiary/aromatic N) is 6. The van der Waals surface area contributed by atoms with Gasteiger partial charge < -0.3 is 24.4 Å². The van der Waals surface area contributed by atoms with Crippen molar-refractivity contribution in [3.8, 4) is 12.0 Å². The number of benzene rings is 4. The Balaban J connectivity index is 1.35. The molecule has 0 bridgehead atoms. The number of hydrogen-bond acceptors (Lipinski definition) is 15. The summed E-state index contributed by atoms with van der Waals surface area (Å²) in [6, 6.07) is 25.3. The van der Waals surface area contributed by atoms with Crippen LogP contribution in [0, 0.1) is 0 Å². The van der Waals surface area contributed by atoms with Gasteiger partial charge in [-0.05, 0) is 66.6 Å². The highest BCUT2D eigenvalue weighted by molar-refractivity contribution is 7.86. The van der Waals surface area contributed by atoms with Crippen molar-refractivity contribution in [1.82, 2.24) is 29.9 Å². The summed E-state index contributed by atoms with van der Waals surface area (Å²) in [7, 11) is -9.78. The van der Waals surface area contributed by atoms with Gasteiger partial charge in [0.1, 0.15) is 23.0 Å². The number of aromatic amines is 4. The molecule has 23 heteroatoms. The van der Waals surface area contributed by atoms with E-state index < -0.39 is 36.1 Å². The number of aliphatic hydroxyl groups excluding tert-OH is 2. The molecule has 2 aromatic heterocycles. The normalized spacial score (nSPS) is 13.8. The molecule has 62 heavy (non-hydrogen) atoms. The second kappa shape index (κ2) is 20.6. The van der Waals surface area contributed by atoms with E-state index >= 15 is 0 Å². The minimum Gasteiger partial charge on any atom is -0.462 e. The standard InChI is InChI=1S/C39H40N10O11S2/c1-25(51)24-60-39-48-35(41-29-10-6-3-7-11-29)45-37(49-39)43-31-17-15-27(33(23-31)62(55,56)57)13-12-26-14-16-30(22-32(26)61(52,53)54)42-36-44-34(40-28-8-4-2-5-9-28)46-38(47-36)59-21-20-58-19-18-50/h2-17,22-23,25,50-51H,18-21,24H2,1H3,(H,52,53,54)(H,55,56,57)(H2,40,42,44,46,47)(H2,41,43,45,48,49). The summed E-state index contributed by atoms with van der Waals surface area (Å²) in [5, 5.41) is 18.7. The van der Waals surface area contributed by atoms with Crippen LogP contribution in [-0.2, 0) is 25.0 Å². The monoisotopic (exact) mass is 888 g/mol. The molecular formula is C39H40N10O11S2. The smallest absolute Gasteiger partial charge is 0.299 e. The first-order chi connectivity index (χ1) is 29.7. The van der Waals surface area contributed by atoms with Crippen LogP contribution in [0.4, 0.5) is 22.7 Å². The van der Waals surface area contributed by atoms with Crippen LogP contribution < -0.4 is 31.9 Å². The van der Waals surface area contributed by atoms with Gasteiger partial charge in [-0.25, -0.2) is 20.0 Å². The van der Waals surface area contributed by atoms with Crippen LogP contribution in [-0.4, -0.2) is 105 Å². The fourth-order valence-corrected chi connectivity index (χ4v) is 6.70. The van der Waals surface area contributed by atoms with Crippen molar-refractivity contribution in [1.29, 1.82) is 0 Å². The van der Waals surface area contributed by atoms with Crippen molar-refractivity contribution in [2.75, 3.05) is 33.0 Å². The first-order valence-electron chi connectivity index (χ1n) is 18.5. The van der Waals surface area contributed by atoms with Crippen molar-refractivity contribution in [3.63, 3.8) is 0 Å². The van der Waals surface area contributed by atoms with E-state index in [0.717, 1.165) is 12.1 Å². The summed E-state index contributed by atoms with van der Waals surface area (Å²) >= 11 is 0. The Morgan fingerprint density at radius 1 is 0.613 bits per heavy atom. The van der Waals surface area contributed by atoms with Crippen LogP contribution in [0.1, 0.15) is 18.1 Å². The maximum Gasteiger partial charge on any atom is 0.299 e. The molecule has 6 aromatic rings. The highest BCUT2D eigenvalue weighted by atomic mass is 32.2. The average Bonchev–Trinajstić information content (AvgIpc) is 3.22. The van der Waals surface area contributed by atoms with Crippen LogP contribution >= 0.6 is 0 Å². The van der Waals surface area contributed by atoms with Crippen molar-refractivity contribution in [2.45, 2.75) is 22.8 Å². The van der Waals surface area contributed by atoms with E-state index in [4.69, 9.17) is 19.3 Å². The van der Waals surface area contributed by atoms with Crippen molar-refractivity contribution in [2.24, 2.45) is 20.0 Å². The maximum absolute atomic E-state index is 12.6. The Morgan fingerprint density at radius 3 is 1.52 bits per heavy atom. The molecule has 8 N–H and O–H groups in total. The van der Waals surface area contributed by atoms with Gasteiger partial charge in [-0.1, -0.05) is 60.7 Å². The molecule has 0 spiro atoms. The topological polar surface area (TPSA) is 315 Å². The lowest BCUT2D eigenvalue weighted by Gasteiger charge is -2.08. The van der Waals surface area contributed by atoms with E-state index in [-0.39, 0.29) is 90.0 Å². The molecule has 0 amide bonds. The number of aromatic nitrogens is 6. The second-order valence-electron chi connectivity index (χ2n) is 12.9. The first-order valence-corrected chi connectivity index (χ1v) is 21.3. The number of nitrogens with one attached hydrogen (secondary N) is 4. The first kappa shape index (κ1) is 44.7. The molecule has 1 unspecified atom stereocenters. The van der Waals surface area contributed by atoms with E-state index in [1.54, 1.807) is 48.5 Å². The van der Waals surface area contributed by atoms with Crippen LogP contribution in [0.25, 0.3) is 12.2 Å². The minimum atomic E-state index is -4.89. The molecule has 21 nitrogen and oxygen atoms in total. The third-order valence-corrected chi connectivity index (χ3v) is 9.76. The summed E-state index contributed by atoms with van der Waals surface area (Å²) in [6.07, 6.45) is 1.63. The predicted molar refractivity (Wildman–Crippen MR) is 222 cm³/mol. The Hall–Kier alpha value is -6.86. The zero-order valence-electron chi connectivity index (χ0n) is 32.7. The summed E-state index contributed by atoms with van der Waals surface area (Å²) in [5.74, 6) is 0. The lowest BCUT2D eigenvalue weighted by Crippen LogP contribution is -2.28. The fourth-order valence-electron chi connectivity index (χ4n) is 5.29. The Labute approximate surface area is 352 Å². The Bertz CT molecular complexity index is 3040. The minimum absolute atomic E-state index is 0.0134. The van der Waals surface area contributed by atoms with Gasteiger partial charge in [0.15, 0.2) is 0 Å². The van der Waals surface area contributed by atoms with Crippen molar-refractivity contribution < 1.29 is 50.4 Å². The van der Waals surface area contributed by atoms with E-state index in [2.05, 4.69) is 49.9 Å². The molecule has 6 rings (SSSR count). The van der Waals surface area contributed by atoms with Gasteiger partial charge in [-0.2, -0.15) is 26.8 Å². The summed E-state index contributed by atoms with van der Waals surface area (Å²) in [6.45, 7) is 1.56. The summed E-state index contributed by atoms with van der Waals surface area (Å²) in [5.41, 5.74) is 1.26. The average molecular weight is 889 g/mol. The number of hydrogen-bond donors (Lipinski definition) is 8. The van der Waals surface area contributed by atoms with Gasteiger partial charge in [0.2, 0.25) is 22.5 Å². The molecule has 324 valence electrons. The molecule has 1 atom stereocenters. The number of ether oxygens (including phenoxy) is 3. The zero-order chi connectivity index (χ0) is 44.1. The van der Waals surface area contributed by atoms with Gasteiger partial charge in [-0.3, -0.25) is 29.0 Å². The lowest BCUT2D eigenvalue weighted by molar-refractivity contribution is 0.0681. The molecule has 0 fully saturated rings. The molecule has 0 saturated carbocycles. The molecule has 4 aromatic carbocycles. The Morgan fingerprint density at radius 2 is 1.08 bits per heavy atom. The van der Waals surface area contributed by atoms with Crippen molar-refractivity contribution >= 4 is 55.1 Å². The predicted octanol–water partition coefficient (Wildman–Crippen LogP) is 2.53. The summed E-state index contributed by atoms with van der Waals surface area (Å²) < 4.78 is 87.4. The number of rotatable bonds is 17. The quantitative estimate of drug-likeness (QED) is 0.0371. The second-order valence-corrected chi connectivity index (χ2v) is 15.6.